The molecule has 2 heterocycles. The van der Waals surface area contributed by atoms with E-state index in [-0.39, 0.29) is 11.6 Å². The van der Waals surface area contributed by atoms with E-state index in [1.54, 1.807) is 43.4 Å². The van der Waals surface area contributed by atoms with E-state index in [9.17, 15) is 9.59 Å². The normalized spacial score (nSPS) is 13.5. The lowest BCUT2D eigenvalue weighted by Gasteiger charge is -2.35. The first kappa shape index (κ1) is 22.2. The van der Waals surface area contributed by atoms with Gasteiger partial charge in [0.1, 0.15) is 17.3 Å². The number of amides is 2. The van der Waals surface area contributed by atoms with Crippen molar-refractivity contribution in [2.45, 2.75) is 6.92 Å². The summed E-state index contributed by atoms with van der Waals surface area (Å²) in [5.41, 5.74) is 2.23. The van der Waals surface area contributed by atoms with Gasteiger partial charge in [-0.05, 0) is 37.3 Å². The summed E-state index contributed by atoms with van der Waals surface area (Å²) in [7, 11) is 3.13. The van der Waals surface area contributed by atoms with Crippen molar-refractivity contribution >= 4 is 17.5 Å². The van der Waals surface area contributed by atoms with Crippen molar-refractivity contribution in [2.24, 2.45) is 0 Å². The summed E-state index contributed by atoms with van der Waals surface area (Å²) in [4.78, 5) is 29.0. The fourth-order valence-corrected chi connectivity index (χ4v) is 3.68. The summed E-state index contributed by atoms with van der Waals surface area (Å²) in [6.07, 6.45) is 0. The third-order valence-corrected chi connectivity index (χ3v) is 5.61. The number of hydrogen-bond acceptors (Lipinski definition) is 6. The van der Waals surface area contributed by atoms with Gasteiger partial charge in [0.2, 0.25) is 0 Å². The van der Waals surface area contributed by atoms with E-state index in [1.807, 2.05) is 31.2 Å². The number of urea groups is 1. The molecule has 0 spiro atoms. The Morgan fingerprint density at radius 1 is 0.939 bits per heavy atom. The number of piperazine rings is 1. The van der Waals surface area contributed by atoms with E-state index >= 15 is 0 Å². The Kier molecular flexibility index (Phi) is 6.48. The highest BCUT2D eigenvalue weighted by atomic mass is 16.5. The zero-order valence-corrected chi connectivity index (χ0v) is 18.9. The Bertz CT molecular complexity index is 1180. The fraction of sp³-hybridized carbons (Fsp3) is 0.292. The molecule has 0 bridgehead atoms. The highest BCUT2D eigenvalue weighted by Crippen LogP contribution is 2.29. The van der Waals surface area contributed by atoms with Gasteiger partial charge in [0, 0.05) is 38.3 Å². The van der Waals surface area contributed by atoms with E-state index < -0.39 is 0 Å². The minimum absolute atomic E-state index is 0.186. The number of benzene rings is 2. The second-order valence-corrected chi connectivity index (χ2v) is 7.75. The summed E-state index contributed by atoms with van der Waals surface area (Å²) >= 11 is 0. The number of nitrogens with zero attached hydrogens (tertiary/aromatic N) is 4. The lowest BCUT2D eigenvalue weighted by atomic mass is 10.2. The highest BCUT2D eigenvalue weighted by molar-refractivity contribution is 5.91. The van der Waals surface area contributed by atoms with Gasteiger partial charge in [0.05, 0.1) is 25.6 Å². The average Bonchev–Trinajstić information content (AvgIpc) is 2.85. The van der Waals surface area contributed by atoms with Crippen LogP contribution in [0.5, 0.6) is 11.5 Å². The van der Waals surface area contributed by atoms with E-state index in [0.717, 1.165) is 11.3 Å². The van der Waals surface area contributed by atoms with Crippen molar-refractivity contribution < 1.29 is 14.3 Å². The molecule has 33 heavy (non-hydrogen) atoms. The van der Waals surface area contributed by atoms with Crippen LogP contribution < -0.4 is 25.2 Å². The lowest BCUT2D eigenvalue weighted by molar-refractivity contribution is 0.208. The molecule has 1 fully saturated rings. The highest BCUT2D eigenvalue weighted by Gasteiger charge is 2.23. The number of methoxy groups -OCH3 is 2. The summed E-state index contributed by atoms with van der Waals surface area (Å²) < 4.78 is 12.0. The van der Waals surface area contributed by atoms with Gasteiger partial charge < -0.3 is 24.6 Å². The van der Waals surface area contributed by atoms with E-state index in [2.05, 4.69) is 15.3 Å². The summed E-state index contributed by atoms with van der Waals surface area (Å²) in [6.45, 7) is 4.25. The molecule has 1 aromatic heterocycles. The van der Waals surface area contributed by atoms with Crippen LogP contribution in [0, 0.1) is 6.92 Å². The molecule has 3 aromatic rings. The maximum atomic E-state index is 12.8. The molecule has 0 saturated carbocycles. The van der Waals surface area contributed by atoms with Gasteiger partial charge in [-0.3, -0.25) is 4.79 Å². The van der Waals surface area contributed by atoms with Gasteiger partial charge in [-0.1, -0.05) is 17.7 Å². The maximum Gasteiger partial charge on any atom is 0.322 e. The standard InChI is InChI=1S/C24H27N5O4/c1-17-4-6-18(7-5-17)29-23(30)11-10-22(26-29)27-12-14-28(15-13-27)24(31)25-20-9-8-19(32-2)16-21(20)33-3/h4-11,16H,12-15H2,1-3H3,(H,25,31). The zero-order valence-electron chi connectivity index (χ0n) is 18.9. The van der Waals surface area contributed by atoms with Crippen LogP contribution in [0.15, 0.2) is 59.4 Å². The molecule has 9 heteroatoms. The number of aryl methyl sites for hydroxylation is 1. The molecule has 1 aliphatic heterocycles. The van der Waals surface area contributed by atoms with E-state index in [4.69, 9.17) is 9.47 Å². The number of rotatable bonds is 5. The predicted octanol–water partition coefficient (Wildman–Crippen LogP) is 2.91. The molecule has 1 saturated heterocycles. The minimum Gasteiger partial charge on any atom is -0.497 e. The van der Waals surface area contributed by atoms with E-state index in [1.165, 1.54) is 10.7 Å². The van der Waals surface area contributed by atoms with Gasteiger partial charge >= 0.3 is 6.03 Å². The van der Waals surface area contributed by atoms with Crippen LogP contribution >= 0.6 is 0 Å². The summed E-state index contributed by atoms with van der Waals surface area (Å²) in [5, 5.41) is 7.46. The number of ether oxygens (including phenoxy) is 2. The fourth-order valence-electron chi connectivity index (χ4n) is 3.68. The molecular weight excluding hydrogens is 422 g/mol. The van der Waals surface area contributed by atoms with Crippen LogP contribution in [0.2, 0.25) is 0 Å². The lowest BCUT2D eigenvalue weighted by Crippen LogP contribution is -2.50. The summed E-state index contributed by atoms with van der Waals surface area (Å²) in [5.74, 6) is 1.88. The molecule has 1 N–H and O–H groups in total. The molecule has 172 valence electrons. The zero-order chi connectivity index (χ0) is 23.4. The SMILES string of the molecule is COc1ccc(NC(=O)N2CCN(c3ccc(=O)n(-c4ccc(C)cc4)n3)CC2)c(OC)c1. The molecule has 0 atom stereocenters. The van der Waals surface area contributed by atoms with Gasteiger partial charge in [0.25, 0.3) is 5.56 Å². The monoisotopic (exact) mass is 449 g/mol. The van der Waals surface area contributed by atoms with Gasteiger partial charge in [-0.15, -0.1) is 5.10 Å². The smallest absolute Gasteiger partial charge is 0.322 e. The third kappa shape index (κ3) is 4.92. The number of anilines is 2. The van der Waals surface area contributed by atoms with Crippen LogP contribution in [0.25, 0.3) is 5.69 Å². The second kappa shape index (κ2) is 9.64. The quantitative estimate of drug-likeness (QED) is 0.644. The molecule has 9 nitrogen and oxygen atoms in total. The number of carbonyl (C=O) groups excluding carboxylic acids is 1. The maximum absolute atomic E-state index is 12.8. The van der Waals surface area contributed by atoms with Crippen LogP contribution in [-0.4, -0.2) is 61.1 Å². The first-order valence-corrected chi connectivity index (χ1v) is 10.7. The van der Waals surface area contributed by atoms with Crippen molar-refractivity contribution in [3.05, 3.63) is 70.5 Å². The van der Waals surface area contributed by atoms with Gasteiger partial charge in [0.15, 0.2) is 0 Å². The second-order valence-electron chi connectivity index (χ2n) is 7.75. The third-order valence-electron chi connectivity index (χ3n) is 5.61. The molecule has 0 aliphatic carbocycles. The average molecular weight is 450 g/mol. The molecular formula is C24H27N5O4. The van der Waals surface area contributed by atoms with E-state index in [0.29, 0.717) is 49.2 Å². The first-order valence-electron chi connectivity index (χ1n) is 10.7. The molecule has 0 radical (unpaired) electrons. The minimum atomic E-state index is -0.198. The van der Waals surface area contributed by atoms with Crippen molar-refractivity contribution in [2.75, 3.05) is 50.6 Å². The topological polar surface area (TPSA) is 88.9 Å². The van der Waals surface area contributed by atoms with Crippen LogP contribution in [0.4, 0.5) is 16.3 Å². The van der Waals surface area contributed by atoms with Crippen LogP contribution in [0.1, 0.15) is 5.56 Å². The number of nitrogens with one attached hydrogen (secondary N) is 1. The molecule has 0 unspecified atom stereocenters. The Hall–Kier alpha value is -4.01. The Balaban J connectivity index is 1.42. The molecule has 1 aliphatic rings. The van der Waals surface area contributed by atoms with Crippen LogP contribution in [-0.2, 0) is 0 Å². The van der Waals surface area contributed by atoms with Crippen LogP contribution in [0.3, 0.4) is 0 Å². The van der Waals surface area contributed by atoms with Crippen molar-refractivity contribution in [1.82, 2.24) is 14.7 Å². The molecule has 4 rings (SSSR count). The Morgan fingerprint density at radius 2 is 1.67 bits per heavy atom. The first-order chi connectivity index (χ1) is 16.0. The van der Waals surface area contributed by atoms with Crippen molar-refractivity contribution in [3.63, 3.8) is 0 Å². The summed E-state index contributed by atoms with van der Waals surface area (Å²) in [6, 6.07) is 16.0. The largest absolute Gasteiger partial charge is 0.497 e. The molecule has 2 amide bonds. The number of carbonyl (C=O) groups is 1. The van der Waals surface area contributed by atoms with Gasteiger partial charge in [-0.25, -0.2) is 4.79 Å². The Labute approximate surface area is 192 Å². The van der Waals surface area contributed by atoms with Crippen molar-refractivity contribution in [3.8, 4) is 17.2 Å². The molecule has 2 aromatic carbocycles. The van der Waals surface area contributed by atoms with Crippen molar-refractivity contribution in [1.29, 1.82) is 0 Å². The predicted molar refractivity (Wildman–Crippen MR) is 127 cm³/mol. The number of hydrogen-bond donors (Lipinski definition) is 1. The number of aromatic nitrogens is 2. The Morgan fingerprint density at radius 3 is 2.33 bits per heavy atom. The van der Waals surface area contributed by atoms with Gasteiger partial charge in [-0.2, -0.15) is 4.68 Å².